The summed E-state index contributed by atoms with van der Waals surface area (Å²) in [7, 11) is 1.62. The number of aliphatic hydroxyl groups excluding tert-OH is 1. The molecule has 0 amide bonds. The molecule has 0 saturated carbocycles. The number of imidazole rings is 1. The molecular weight excluding hydrogens is 276 g/mol. The minimum atomic E-state index is -0.680. The normalized spacial score (nSPS) is 11.8. The Labute approximate surface area is 129 Å². The Bertz CT molecular complexity index is 855. The minimum absolute atomic E-state index is 0.656. The number of hydrogen-bond acceptors (Lipinski definition) is 3. The highest BCUT2D eigenvalue weighted by Gasteiger charge is 2.10. The van der Waals surface area contributed by atoms with Gasteiger partial charge in [0.2, 0.25) is 5.88 Å². The van der Waals surface area contributed by atoms with E-state index in [4.69, 9.17) is 4.74 Å². The van der Waals surface area contributed by atoms with Crippen LogP contribution in [-0.2, 0) is 0 Å². The Morgan fingerprint density at radius 3 is 2.64 bits per heavy atom. The average Bonchev–Trinajstić information content (AvgIpc) is 2.96. The summed E-state index contributed by atoms with van der Waals surface area (Å²) in [5.74, 6) is 6.30. The van der Waals surface area contributed by atoms with Gasteiger partial charge in [0.05, 0.1) is 13.3 Å². The molecule has 0 bridgehead atoms. The van der Waals surface area contributed by atoms with Crippen molar-refractivity contribution in [3.8, 4) is 28.8 Å². The largest absolute Gasteiger partial charge is 0.482 e. The van der Waals surface area contributed by atoms with E-state index in [1.807, 2.05) is 46.9 Å². The monoisotopic (exact) mass is 292 g/mol. The van der Waals surface area contributed by atoms with Crippen molar-refractivity contribution in [1.29, 1.82) is 0 Å². The quantitative estimate of drug-likeness (QED) is 0.739. The van der Waals surface area contributed by atoms with Gasteiger partial charge in [0.15, 0.2) is 0 Å². The number of aromatic nitrogens is 2. The summed E-state index contributed by atoms with van der Waals surface area (Å²) < 4.78 is 7.32. The first-order valence-electron chi connectivity index (χ1n) is 6.99. The van der Waals surface area contributed by atoms with Gasteiger partial charge >= 0.3 is 0 Å². The Morgan fingerprint density at radius 2 is 1.95 bits per heavy atom. The van der Waals surface area contributed by atoms with Gasteiger partial charge in [0, 0.05) is 6.07 Å². The van der Waals surface area contributed by atoms with Crippen LogP contribution in [0.5, 0.6) is 5.88 Å². The highest BCUT2D eigenvalue weighted by atomic mass is 16.5. The zero-order valence-electron chi connectivity index (χ0n) is 12.4. The molecule has 0 aliphatic carbocycles. The first kappa shape index (κ1) is 14.2. The molecule has 1 N–H and O–H groups in total. The van der Waals surface area contributed by atoms with Crippen molar-refractivity contribution in [1.82, 2.24) is 9.38 Å². The van der Waals surface area contributed by atoms with Crippen molar-refractivity contribution >= 4 is 5.65 Å². The van der Waals surface area contributed by atoms with Gasteiger partial charge in [-0.1, -0.05) is 36.3 Å². The second kappa shape index (κ2) is 5.92. The Kier molecular flexibility index (Phi) is 3.82. The lowest BCUT2D eigenvalue weighted by atomic mass is 10.1. The van der Waals surface area contributed by atoms with E-state index in [9.17, 15) is 5.11 Å². The maximum atomic E-state index is 9.31. The molecule has 3 rings (SSSR count). The molecule has 3 aromatic rings. The molecular formula is C18H16N2O2. The summed E-state index contributed by atoms with van der Waals surface area (Å²) >= 11 is 0. The topological polar surface area (TPSA) is 46.8 Å². The third-order valence-electron chi connectivity index (χ3n) is 3.30. The minimum Gasteiger partial charge on any atom is -0.482 e. The zero-order chi connectivity index (χ0) is 15.5. The van der Waals surface area contributed by atoms with Gasteiger partial charge in [-0.25, -0.2) is 4.98 Å². The molecule has 110 valence electrons. The van der Waals surface area contributed by atoms with E-state index in [2.05, 4.69) is 16.8 Å². The molecule has 0 radical (unpaired) electrons. The SMILES string of the molecule is COc1cc(-c2ccccc2)cc2ncc(C#C[C@@H](C)O)n12. The Hall–Kier alpha value is -2.77. The predicted octanol–water partition coefficient (Wildman–Crippen LogP) is 2.74. The lowest BCUT2D eigenvalue weighted by Gasteiger charge is -2.09. The van der Waals surface area contributed by atoms with Crippen LogP contribution in [0.1, 0.15) is 12.6 Å². The van der Waals surface area contributed by atoms with Crippen LogP contribution in [0.4, 0.5) is 0 Å². The number of fused-ring (bicyclic) bond motifs is 1. The lowest BCUT2D eigenvalue weighted by Crippen LogP contribution is -1.98. The summed E-state index contributed by atoms with van der Waals surface area (Å²) in [4.78, 5) is 4.39. The van der Waals surface area contributed by atoms with Crippen LogP contribution in [-0.4, -0.2) is 27.7 Å². The van der Waals surface area contributed by atoms with Gasteiger partial charge in [0.25, 0.3) is 0 Å². The molecule has 0 aliphatic heterocycles. The van der Waals surface area contributed by atoms with E-state index in [1.54, 1.807) is 20.2 Å². The molecule has 0 saturated heterocycles. The second-order valence-electron chi connectivity index (χ2n) is 4.93. The molecule has 2 heterocycles. The number of pyridine rings is 1. The molecule has 0 spiro atoms. The molecule has 4 heteroatoms. The lowest BCUT2D eigenvalue weighted by molar-refractivity contribution is 0.253. The van der Waals surface area contributed by atoms with Crippen LogP contribution in [0.2, 0.25) is 0 Å². The first-order chi connectivity index (χ1) is 10.7. The molecule has 22 heavy (non-hydrogen) atoms. The van der Waals surface area contributed by atoms with Gasteiger partial charge in [-0.3, -0.25) is 4.40 Å². The van der Waals surface area contributed by atoms with E-state index in [-0.39, 0.29) is 0 Å². The van der Waals surface area contributed by atoms with E-state index in [0.29, 0.717) is 11.6 Å². The fourth-order valence-corrected chi connectivity index (χ4v) is 2.29. The van der Waals surface area contributed by atoms with E-state index in [1.165, 1.54) is 0 Å². The van der Waals surface area contributed by atoms with Crippen molar-refractivity contribution in [2.45, 2.75) is 13.0 Å². The van der Waals surface area contributed by atoms with E-state index in [0.717, 1.165) is 16.8 Å². The highest BCUT2D eigenvalue weighted by Crippen LogP contribution is 2.27. The third kappa shape index (κ3) is 2.67. The van der Waals surface area contributed by atoms with Gasteiger partial charge in [-0.05, 0) is 30.0 Å². The van der Waals surface area contributed by atoms with Crippen molar-refractivity contribution in [3.05, 3.63) is 54.4 Å². The Morgan fingerprint density at radius 1 is 1.18 bits per heavy atom. The van der Waals surface area contributed by atoms with Crippen LogP contribution >= 0.6 is 0 Å². The fraction of sp³-hybridized carbons (Fsp3) is 0.167. The molecule has 1 atom stereocenters. The molecule has 0 unspecified atom stereocenters. The van der Waals surface area contributed by atoms with Crippen molar-refractivity contribution in [2.24, 2.45) is 0 Å². The first-order valence-corrected chi connectivity index (χ1v) is 6.99. The van der Waals surface area contributed by atoms with Crippen molar-refractivity contribution in [3.63, 3.8) is 0 Å². The molecule has 0 aliphatic rings. The standard InChI is InChI=1S/C18H16N2O2/c1-13(21)8-9-16-12-19-17-10-15(11-18(22-2)20(16)17)14-6-4-3-5-7-14/h3-7,10-13,21H,1-2H3/t13-/m1/s1. The molecule has 0 fully saturated rings. The predicted molar refractivity (Wildman–Crippen MR) is 85.7 cm³/mol. The number of methoxy groups -OCH3 is 1. The van der Waals surface area contributed by atoms with Gasteiger partial charge in [0.1, 0.15) is 17.4 Å². The second-order valence-corrected chi connectivity index (χ2v) is 4.93. The van der Waals surface area contributed by atoms with Crippen molar-refractivity contribution < 1.29 is 9.84 Å². The van der Waals surface area contributed by atoms with Crippen LogP contribution < -0.4 is 4.74 Å². The van der Waals surface area contributed by atoms with Crippen molar-refractivity contribution in [2.75, 3.05) is 7.11 Å². The third-order valence-corrected chi connectivity index (χ3v) is 3.30. The number of aliphatic hydroxyl groups is 1. The summed E-state index contributed by atoms with van der Waals surface area (Å²) in [5, 5.41) is 9.31. The van der Waals surface area contributed by atoms with Crippen LogP contribution in [0.25, 0.3) is 16.8 Å². The van der Waals surface area contributed by atoms with E-state index >= 15 is 0 Å². The number of rotatable bonds is 2. The summed E-state index contributed by atoms with van der Waals surface area (Å²) in [6, 6.07) is 14.0. The Balaban J connectivity index is 2.17. The number of hydrogen-bond donors (Lipinski definition) is 1. The van der Waals surface area contributed by atoms with Gasteiger partial charge < -0.3 is 9.84 Å². The molecule has 2 aromatic heterocycles. The zero-order valence-corrected chi connectivity index (χ0v) is 12.4. The molecule has 4 nitrogen and oxygen atoms in total. The fourth-order valence-electron chi connectivity index (χ4n) is 2.29. The summed E-state index contributed by atoms with van der Waals surface area (Å²) in [6.07, 6.45) is 1.00. The number of benzene rings is 1. The van der Waals surface area contributed by atoms with Crippen LogP contribution in [0, 0.1) is 11.8 Å². The van der Waals surface area contributed by atoms with E-state index < -0.39 is 6.10 Å². The van der Waals surface area contributed by atoms with Gasteiger partial charge in [-0.2, -0.15) is 0 Å². The maximum absolute atomic E-state index is 9.31. The van der Waals surface area contributed by atoms with Crippen LogP contribution in [0.15, 0.2) is 48.7 Å². The van der Waals surface area contributed by atoms with Crippen LogP contribution in [0.3, 0.4) is 0 Å². The summed E-state index contributed by atoms with van der Waals surface area (Å²) in [6.45, 7) is 1.63. The molecule has 1 aromatic carbocycles. The summed E-state index contributed by atoms with van der Waals surface area (Å²) in [5.41, 5.74) is 3.58. The number of nitrogens with zero attached hydrogens (tertiary/aromatic N) is 2. The average molecular weight is 292 g/mol. The highest BCUT2D eigenvalue weighted by molar-refractivity contribution is 5.69. The number of ether oxygens (including phenoxy) is 1. The smallest absolute Gasteiger partial charge is 0.200 e. The maximum Gasteiger partial charge on any atom is 0.200 e. The van der Waals surface area contributed by atoms with Gasteiger partial charge in [-0.15, -0.1) is 0 Å².